The minimum atomic E-state index is -0.386. The highest BCUT2D eigenvalue weighted by Crippen LogP contribution is 2.25. The maximum Gasteiger partial charge on any atom is 0.269 e. The third-order valence-corrected chi connectivity index (χ3v) is 5.16. The van der Waals surface area contributed by atoms with Crippen LogP contribution in [0.2, 0.25) is 0 Å². The molecule has 1 N–H and O–H groups in total. The van der Waals surface area contributed by atoms with E-state index in [-0.39, 0.29) is 22.6 Å². The maximum absolute atomic E-state index is 12.6. The molecule has 0 unspecified atom stereocenters. The second kappa shape index (κ2) is 8.73. The van der Waals surface area contributed by atoms with Gasteiger partial charge >= 0.3 is 0 Å². The fourth-order valence-corrected chi connectivity index (χ4v) is 3.54. The number of methoxy groups -OCH3 is 1. The lowest BCUT2D eigenvalue weighted by atomic mass is 10.0. The average Bonchev–Trinajstić information content (AvgIpc) is 2.70. The predicted molar refractivity (Wildman–Crippen MR) is 108 cm³/mol. The van der Waals surface area contributed by atoms with Crippen molar-refractivity contribution >= 4 is 17.3 Å². The number of rotatable bonds is 6. The Labute approximate surface area is 164 Å². The molecule has 1 aliphatic heterocycles. The molecule has 0 saturated carbocycles. The highest BCUT2D eigenvalue weighted by molar-refractivity contribution is 5.79. The smallest absolute Gasteiger partial charge is 0.269 e. The number of nitrogens with zero attached hydrogens (tertiary/aromatic N) is 2. The van der Waals surface area contributed by atoms with Crippen molar-refractivity contribution in [3.8, 4) is 5.75 Å². The number of ether oxygens (including phenoxy) is 1. The van der Waals surface area contributed by atoms with Crippen molar-refractivity contribution < 1.29 is 14.5 Å². The molecule has 0 atom stereocenters. The number of carbonyl (C=O) groups excluding carboxylic acids is 1. The number of likely N-dealkylation sites (tertiary alicyclic amines) is 1. The molecule has 1 amide bonds. The van der Waals surface area contributed by atoms with Gasteiger partial charge in [0.05, 0.1) is 18.5 Å². The molecule has 1 saturated heterocycles. The second-order valence-corrected chi connectivity index (χ2v) is 7.04. The van der Waals surface area contributed by atoms with E-state index in [1.54, 1.807) is 19.2 Å². The number of piperidine rings is 1. The normalized spacial score (nSPS) is 14.6. The Kier molecular flexibility index (Phi) is 6.13. The molecule has 1 heterocycles. The molecule has 28 heavy (non-hydrogen) atoms. The van der Waals surface area contributed by atoms with Gasteiger partial charge in [-0.3, -0.25) is 14.9 Å². The van der Waals surface area contributed by atoms with Gasteiger partial charge in [0.15, 0.2) is 0 Å². The molecule has 0 aromatic heterocycles. The van der Waals surface area contributed by atoms with Gasteiger partial charge in [-0.1, -0.05) is 18.2 Å². The standard InChI is InChI=1S/C21H25N3O4/c1-15-13-18(24(26)27)7-8-19(15)22-17-9-11-23(12-10-17)21(25)14-16-5-3-4-6-20(16)28-2/h3-8,13,17,22H,9-12,14H2,1-2H3. The maximum atomic E-state index is 12.6. The van der Waals surface area contributed by atoms with Crippen molar-refractivity contribution in [3.05, 3.63) is 63.7 Å². The molecule has 0 radical (unpaired) electrons. The number of benzene rings is 2. The number of carbonyl (C=O) groups is 1. The Morgan fingerprint density at radius 1 is 1.25 bits per heavy atom. The van der Waals surface area contributed by atoms with Crippen molar-refractivity contribution in [2.24, 2.45) is 0 Å². The highest BCUT2D eigenvalue weighted by Gasteiger charge is 2.24. The molecule has 2 aromatic rings. The first-order valence-electron chi connectivity index (χ1n) is 9.39. The molecule has 1 fully saturated rings. The van der Waals surface area contributed by atoms with Gasteiger partial charge in [-0.05, 0) is 37.5 Å². The first-order valence-corrected chi connectivity index (χ1v) is 9.39. The number of aryl methyl sites for hydroxylation is 1. The minimum Gasteiger partial charge on any atom is -0.496 e. The summed E-state index contributed by atoms with van der Waals surface area (Å²) in [7, 11) is 1.61. The zero-order valence-electron chi connectivity index (χ0n) is 16.2. The van der Waals surface area contributed by atoms with E-state index in [1.807, 2.05) is 36.1 Å². The zero-order valence-corrected chi connectivity index (χ0v) is 16.2. The third-order valence-electron chi connectivity index (χ3n) is 5.16. The Balaban J connectivity index is 1.54. The summed E-state index contributed by atoms with van der Waals surface area (Å²) in [4.78, 5) is 25.0. The number of para-hydroxylation sites is 1. The molecule has 148 valence electrons. The van der Waals surface area contributed by atoms with Crippen molar-refractivity contribution in [1.82, 2.24) is 4.90 Å². The van der Waals surface area contributed by atoms with Crippen LogP contribution in [0.1, 0.15) is 24.0 Å². The van der Waals surface area contributed by atoms with Crippen LogP contribution in [0.5, 0.6) is 5.75 Å². The summed E-state index contributed by atoms with van der Waals surface area (Å²) >= 11 is 0. The number of nitro benzene ring substituents is 1. The Morgan fingerprint density at radius 3 is 2.61 bits per heavy atom. The van der Waals surface area contributed by atoms with Crippen molar-refractivity contribution in [2.75, 3.05) is 25.5 Å². The Morgan fingerprint density at radius 2 is 1.96 bits per heavy atom. The Hall–Kier alpha value is -3.09. The van der Waals surface area contributed by atoms with Crippen LogP contribution in [0.25, 0.3) is 0 Å². The first kappa shape index (κ1) is 19.7. The van der Waals surface area contributed by atoms with E-state index in [9.17, 15) is 14.9 Å². The van der Waals surface area contributed by atoms with Crippen molar-refractivity contribution in [1.29, 1.82) is 0 Å². The van der Waals surface area contributed by atoms with Gasteiger partial charge in [0.2, 0.25) is 5.91 Å². The quantitative estimate of drug-likeness (QED) is 0.609. The van der Waals surface area contributed by atoms with E-state index in [0.717, 1.165) is 35.4 Å². The van der Waals surface area contributed by atoms with Gasteiger partial charge in [-0.15, -0.1) is 0 Å². The fourth-order valence-electron chi connectivity index (χ4n) is 3.54. The monoisotopic (exact) mass is 383 g/mol. The van der Waals surface area contributed by atoms with Gasteiger partial charge in [0.25, 0.3) is 5.69 Å². The van der Waals surface area contributed by atoms with Gasteiger partial charge in [0, 0.05) is 42.5 Å². The summed E-state index contributed by atoms with van der Waals surface area (Å²) in [5.41, 5.74) is 2.75. The molecule has 0 aliphatic carbocycles. The largest absolute Gasteiger partial charge is 0.496 e. The van der Waals surface area contributed by atoms with Gasteiger partial charge in [0.1, 0.15) is 5.75 Å². The number of amides is 1. The van der Waals surface area contributed by atoms with Crippen molar-refractivity contribution in [3.63, 3.8) is 0 Å². The third kappa shape index (κ3) is 4.60. The molecule has 7 heteroatoms. The van der Waals surface area contributed by atoms with E-state index in [1.165, 1.54) is 6.07 Å². The molecule has 3 rings (SSSR count). The van der Waals surface area contributed by atoms with Crippen LogP contribution in [-0.2, 0) is 11.2 Å². The van der Waals surface area contributed by atoms with E-state index in [4.69, 9.17) is 4.74 Å². The highest BCUT2D eigenvalue weighted by atomic mass is 16.6. The second-order valence-electron chi connectivity index (χ2n) is 7.04. The van der Waals surface area contributed by atoms with E-state index in [2.05, 4.69) is 5.32 Å². The van der Waals surface area contributed by atoms with Gasteiger partial charge in [-0.2, -0.15) is 0 Å². The summed E-state index contributed by atoms with van der Waals surface area (Å²) in [5.74, 6) is 0.843. The number of nitrogens with one attached hydrogen (secondary N) is 1. The van der Waals surface area contributed by atoms with Gasteiger partial charge < -0.3 is 15.0 Å². The summed E-state index contributed by atoms with van der Waals surface area (Å²) in [6, 6.07) is 12.7. The molecule has 7 nitrogen and oxygen atoms in total. The Bertz CT molecular complexity index is 860. The lowest BCUT2D eigenvalue weighted by Crippen LogP contribution is -2.43. The molecule has 0 spiro atoms. The molecular weight excluding hydrogens is 358 g/mol. The molecule has 1 aliphatic rings. The van der Waals surface area contributed by atoms with Gasteiger partial charge in [-0.25, -0.2) is 0 Å². The SMILES string of the molecule is COc1ccccc1CC(=O)N1CCC(Nc2ccc([N+](=O)[O-])cc2C)CC1. The van der Waals surface area contributed by atoms with Crippen LogP contribution in [0.15, 0.2) is 42.5 Å². The van der Waals surface area contributed by atoms with E-state index >= 15 is 0 Å². The summed E-state index contributed by atoms with van der Waals surface area (Å²) in [6.07, 6.45) is 2.02. The van der Waals surface area contributed by atoms with Crippen LogP contribution in [0.3, 0.4) is 0 Å². The average molecular weight is 383 g/mol. The van der Waals surface area contributed by atoms with Crippen LogP contribution in [0.4, 0.5) is 11.4 Å². The van der Waals surface area contributed by atoms with E-state index < -0.39 is 0 Å². The van der Waals surface area contributed by atoms with Crippen LogP contribution in [-0.4, -0.2) is 42.0 Å². The zero-order chi connectivity index (χ0) is 20.1. The van der Waals surface area contributed by atoms with Crippen LogP contribution < -0.4 is 10.1 Å². The van der Waals surface area contributed by atoms with Crippen LogP contribution in [0, 0.1) is 17.0 Å². The number of nitro groups is 1. The summed E-state index contributed by atoms with van der Waals surface area (Å²) < 4.78 is 5.33. The number of hydrogen-bond donors (Lipinski definition) is 1. The number of anilines is 1. The minimum absolute atomic E-state index is 0.0970. The predicted octanol–water partition coefficient (Wildman–Crippen LogP) is 3.56. The first-order chi connectivity index (χ1) is 13.5. The van der Waals surface area contributed by atoms with Crippen molar-refractivity contribution in [2.45, 2.75) is 32.2 Å². The molecule has 0 bridgehead atoms. The molecule has 2 aromatic carbocycles. The molecular formula is C21H25N3O4. The topological polar surface area (TPSA) is 84.7 Å². The number of hydrogen-bond acceptors (Lipinski definition) is 5. The summed E-state index contributed by atoms with van der Waals surface area (Å²) in [6.45, 7) is 3.25. The number of non-ortho nitro benzene ring substituents is 1. The fraction of sp³-hybridized carbons (Fsp3) is 0.381. The lowest BCUT2D eigenvalue weighted by Gasteiger charge is -2.33. The van der Waals surface area contributed by atoms with E-state index in [0.29, 0.717) is 19.5 Å². The van der Waals surface area contributed by atoms with Crippen LogP contribution >= 0.6 is 0 Å². The lowest BCUT2D eigenvalue weighted by molar-refractivity contribution is -0.384. The summed E-state index contributed by atoms with van der Waals surface area (Å²) in [5, 5.41) is 14.3.